The number of hydrogen-bond donors (Lipinski definition) is 2. The zero-order valence-electron chi connectivity index (χ0n) is 16.5. The Labute approximate surface area is 170 Å². The van der Waals surface area contributed by atoms with Crippen LogP contribution in [0.3, 0.4) is 0 Å². The Morgan fingerprint density at radius 1 is 1.28 bits per heavy atom. The van der Waals surface area contributed by atoms with Crippen LogP contribution >= 0.6 is 0 Å². The molecule has 29 heavy (non-hydrogen) atoms. The molecule has 2 aromatic rings. The summed E-state index contributed by atoms with van der Waals surface area (Å²) in [5.41, 5.74) is 0.496. The Hall–Kier alpha value is -2.89. The lowest BCUT2D eigenvalue weighted by atomic mass is 9.52. The molecule has 0 unspecified atom stereocenters. The number of para-hydroxylation sites is 1. The van der Waals surface area contributed by atoms with Crippen LogP contribution in [0, 0.1) is 17.3 Å². The second-order valence-corrected chi connectivity index (χ2v) is 8.84. The van der Waals surface area contributed by atoms with Gasteiger partial charge in [-0.2, -0.15) is 0 Å². The van der Waals surface area contributed by atoms with Gasteiger partial charge in [-0.1, -0.05) is 25.1 Å². The van der Waals surface area contributed by atoms with Crippen molar-refractivity contribution in [1.82, 2.24) is 15.6 Å². The zero-order chi connectivity index (χ0) is 20.1. The van der Waals surface area contributed by atoms with E-state index in [0.29, 0.717) is 30.7 Å². The summed E-state index contributed by atoms with van der Waals surface area (Å²) in [5, 5.41) is 6.22. The molecule has 3 saturated carbocycles. The monoisotopic (exact) mass is 391 g/mol. The average Bonchev–Trinajstić information content (AvgIpc) is 2.72. The summed E-state index contributed by atoms with van der Waals surface area (Å²) in [4.78, 5) is 30.0. The van der Waals surface area contributed by atoms with E-state index in [1.165, 1.54) is 0 Å². The van der Waals surface area contributed by atoms with Gasteiger partial charge in [0.25, 0.3) is 5.91 Å². The summed E-state index contributed by atoms with van der Waals surface area (Å²) in [6.45, 7) is 2.59. The Balaban J connectivity index is 1.35. The van der Waals surface area contributed by atoms with Crippen molar-refractivity contribution in [3.05, 3.63) is 59.9 Å². The number of rotatable bonds is 3. The van der Waals surface area contributed by atoms with E-state index in [0.717, 1.165) is 18.5 Å². The molecule has 0 radical (unpaired) electrons. The van der Waals surface area contributed by atoms with Gasteiger partial charge in [-0.3, -0.25) is 14.6 Å². The normalized spacial score (nSPS) is 32.2. The minimum Gasteiger partial charge on any atom is -0.467 e. The summed E-state index contributed by atoms with van der Waals surface area (Å²) < 4.78 is 6.41. The van der Waals surface area contributed by atoms with E-state index in [1.54, 1.807) is 12.3 Å². The van der Waals surface area contributed by atoms with Crippen LogP contribution in [0.25, 0.3) is 0 Å². The first-order valence-corrected chi connectivity index (χ1v) is 10.3. The maximum absolute atomic E-state index is 13.0. The van der Waals surface area contributed by atoms with Crippen molar-refractivity contribution in [1.29, 1.82) is 0 Å². The van der Waals surface area contributed by atoms with E-state index in [-0.39, 0.29) is 29.1 Å². The molecule has 3 fully saturated rings. The van der Waals surface area contributed by atoms with E-state index in [2.05, 4.69) is 22.5 Å². The van der Waals surface area contributed by atoms with Crippen molar-refractivity contribution in [3.63, 3.8) is 0 Å². The van der Waals surface area contributed by atoms with Crippen molar-refractivity contribution in [3.8, 4) is 5.75 Å². The van der Waals surface area contributed by atoms with Crippen LogP contribution in [0.1, 0.15) is 48.7 Å². The third-order valence-electron chi connectivity index (χ3n) is 6.99. The fourth-order valence-electron chi connectivity index (χ4n) is 5.46. The van der Waals surface area contributed by atoms with Crippen molar-refractivity contribution >= 4 is 11.8 Å². The topological polar surface area (TPSA) is 80.3 Å². The molecule has 1 spiro atoms. The molecule has 6 rings (SSSR count). The summed E-state index contributed by atoms with van der Waals surface area (Å²) >= 11 is 0. The number of nitrogens with one attached hydrogen (secondary N) is 2. The first-order chi connectivity index (χ1) is 14.0. The van der Waals surface area contributed by atoms with E-state index in [9.17, 15) is 9.59 Å². The summed E-state index contributed by atoms with van der Waals surface area (Å²) in [7, 11) is 0. The SMILES string of the molecule is C[C@@]12CC[C@@H](C[C@@H]1C(=O)NCc1ccccn1)[C@@]1(C2)NC(=O)c2ccccc2O1. The van der Waals surface area contributed by atoms with Crippen LogP contribution < -0.4 is 15.4 Å². The molecule has 3 aliphatic carbocycles. The number of pyridine rings is 1. The number of carbonyl (C=O) groups is 2. The molecular formula is C23H25N3O3. The van der Waals surface area contributed by atoms with E-state index < -0.39 is 5.72 Å². The molecular weight excluding hydrogens is 366 g/mol. The summed E-state index contributed by atoms with van der Waals surface area (Å²) in [5.74, 6) is 0.656. The minimum atomic E-state index is -0.712. The molecule has 2 heterocycles. The predicted octanol–water partition coefficient (Wildman–Crippen LogP) is 3.04. The van der Waals surface area contributed by atoms with Gasteiger partial charge in [0, 0.05) is 24.5 Å². The molecule has 6 heteroatoms. The molecule has 4 aliphatic rings. The van der Waals surface area contributed by atoms with Crippen molar-refractivity contribution in [2.45, 2.75) is 44.9 Å². The highest BCUT2D eigenvalue weighted by atomic mass is 16.5. The third-order valence-corrected chi connectivity index (χ3v) is 6.99. The van der Waals surface area contributed by atoms with Crippen LogP contribution in [0.5, 0.6) is 5.75 Å². The molecule has 2 N–H and O–H groups in total. The number of amides is 2. The second-order valence-electron chi connectivity index (χ2n) is 8.84. The van der Waals surface area contributed by atoms with Gasteiger partial charge in [-0.15, -0.1) is 0 Å². The van der Waals surface area contributed by atoms with Crippen molar-refractivity contribution in [2.75, 3.05) is 0 Å². The number of ether oxygens (including phenoxy) is 1. The van der Waals surface area contributed by atoms with Crippen molar-refractivity contribution in [2.24, 2.45) is 17.3 Å². The van der Waals surface area contributed by atoms with Crippen LogP contribution in [-0.2, 0) is 11.3 Å². The Morgan fingerprint density at radius 2 is 2.10 bits per heavy atom. The van der Waals surface area contributed by atoms with Gasteiger partial charge < -0.3 is 15.4 Å². The molecule has 2 amide bonds. The van der Waals surface area contributed by atoms with Gasteiger partial charge >= 0.3 is 0 Å². The van der Waals surface area contributed by atoms with Gasteiger partial charge in [-0.05, 0) is 48.9 Å². The third kappa shape index (κ3) is 2.98. The van der Waals surface area contributed by atoms with Gasteiger partial charge in [0.2, 0.25) is 5.91 Å². The number of fused-ring (bicyclic) bond motifs is 3. The standard InChI is InChI=1S/C23H25N3O3/c1-22-10-9-15(12-18(22)21(28)25-13-16-6-4-5-11-24-16)23(14-22)26-20(27)17-7-2-3-8-19(17)29-23/h2-8,11,15,18H,9-10,12-14H2,1H3,(H,25,28)(H,26,27)/t15-,18+,22-,23-/m0/s1. The maximum atomic E-state index is 13.0. The highest BCUT2D eigenvalue weighted by Gasteiger charge is 2.61. The lowest BCUT2D eigenvalue weighted by Crippen LogP contribution is -2.69. The molecule has 6 nitrogen and oxygen atoms in total. The largest absolute Gasteiger partial charge is 0.467 e. The second kappa shape index (κ2) is 6.58. The van der Waals surface area contributed by atoms with Crippen LogP contribution in [0.4, 0.5) is 0 Å². The summed E-state index contributed by atoms with van der Waals surface area (Å²) in [6.07, 6.45) is 5.00. The molecule has 1 aromatic heterocycles. The van der Waals surface area contributed by atoms with Crippen molar-refractivity contribution < 1.29 is 14.3 Å². The Kier molecular flexibility index (Phi) is 4.12. The number of aromatic nitrogens is 1. The molecule has 4 atom stereocenters. The molecule has 1 aromatic carbocycles. The van der Waals surface area contributed by atoms with Crippen LogP contribution in [0.2, 0.25) is 0 Å². The highest BCUT2D eigenvalue weighted by Crippen LogP contribution is 2.58. The predicted molar refractivity (Wildman–Crippen MR) is 107 cm³/mol. The number of carbonyl (C=O) groups excluding carboxylic acids is 2. The quantitative estimate of drug-likeness (QED) is 0.843. The van der Waals surface area contributed by atoms with E-state index in [4.69, 9.17) is 4.74 Å². The van der Waals surface area contributed by atoms with Gasteiger partial charge in [0.05, 0.1) is 17.8 Å². The number of benzene rings is 1. The fourth-order valence-corrected chi connectivity index (χ4v) is 5.46. The fraction of sp³-hybridized carbons (Fsp3) is 0.435. The zero-order valence-corrected chi connectivity index (χ0v) is 16.5. The highest BCUT2D eigenvalue weighted by molar-refractivity contribution is 5.98. The molecule has 2 bridgehead atoms. The molecule has 0 saturated heterocycles. The van der Waals surface area contributed by atoms with Gasteiger partial charge in [-0.25, -0.2) is 0 Å². The lowest BCUT2D eigenvalue weighted by molar-refractivity contribution is -0.167. The van der Waals surface area contributed by atoms with Crippen LogP contribution in [-0.4, -0.2) is 22.5 Å². The summed E-state index contributed by atoms with van der Waals surface area (Å²) in [6, 6.07) is 13.1. The Bertz CT molecular complexity index is 963. The van der Waals surface area contributed by atoms with Gasteiger partial charge in [0.1, 0.15) is 5.75 Å². The maximum Gasteiger partial charge on any atom is 0.258 e. The number of hydrogen-bond acceptors (Lipinski definition) is 4. The first kappa shape index (κ1) is 18.2. The smallest absolute Gasteiger partial charge is 0.258 e. The van der Waals surface area contributed by atoms with Gasteiger partial charge in [0.15, 0.2) is 5.72 Å². The molecule has 1 aliphatic heterocycles. The minimum absolute atomic E-state index is 0.0697. The average molecular weight is 391 g/mol. The Morgan fingerprint density at radius 3 is 2.90 bits per heavy atom. The van der Waals surface area contributed by atoms with E-state index >= 15 is 0 Å². The first-order valence-electron chi connectivity index (χ1n) is 10.3. The lowest BCUT2D eigenvalue weighted by Gasteiger charge is -2.59. The van der Waals surface area contributed by atoms with Crippen LogP contribution in [0.15, 0.2) is 48.7 Å². The van der Waals surface area contributed by atoms with E-state index in [1.807, 2.05) is 36.4 Å². The molecule has 150 valence electrons. The number of nitrogens with zero attached hydrogens (tertiary/aromatic N) is 1.